The van der Waals surface area contributed by atoms with E-state index in [1.54, 1.807) is 0 Å². The zero-order valence-electron chi connectivity index (χ0n) is 7.44. The van der Waals surface area contributed by atoms with Crippen LogP contribution in [0.4, 0.5) is 0 Å². The van der Waals surface area contributed by atoms with Gasteiger partial charge in [-0.05, 0) is 6.07 Å². The van der Waals surface area contributed by atoms with Gasteiger partial charge in [-0.15, -0.1) is 0 Å². The maximum absolute atomic E-state index is 11.0. The van der Waals surface area contributed by atoms with Gasteiger partial charge >= 0.3 is 5.97 Å². The lowest BCUT2D eigenvalue weighted by molar-refractivity contribution is -0.130. The van der Waals surface area contributed by atoms with Crippen molar-refractivity contribution in [3.8, 4) is 0 Å². The van der Waals surface area contributed by atoms with Crippen LogP contribution in [0.2, 0.25) is 5.02 Å². The number of aliphatic carboxylic acids is 1. The fourth-order valence-corrected chi connectivity index (χ4v) is 2.03. The molecule has 0 aliphatic rings. The Morgan fingerprint density at radius 1 is 1.47 bits per heavy atom. The van der Waals surface area contributed by atoms with E-state index in [1.807, 2.05) is 0 Å². The largest absolute Gasteiger partial charge is 0.478 e. The van der Waals surface area contributed by atoms with Crippen molar-refractivity contribution in [2.45, 2.75) is 4.90 Å². The van der Waals surface area contributed by atoms with E-state index in [0.717, 1.165) is 0 Å². The number of benzene rings is 1. The normalized spacial score (nSPS) is 12.1. The maximum atomic E-state index is 11.0. The van der Waals surface area contributed by atoms with Gasteiger partial charge in [-0.1, -0.05) is 30.3 Å². The minimum atomic E-state index is -2.35. The van der Waals surface area contributed by atoms with Crippen LogP contribution in [0.3, 0.4) is 0 Å². The number of carboxylic acid groups (broad SMARTS) is 1. The molecule has 80 valence electrons. The number of carbonyl (C=O) groups is 1. The summed E-state index contributed by atoms with van der Waals surface area (Å²) in [7, 11) is 0. The van der Waals surface area contributed by atoms with E-state index < -0.39 is 17.0 Å². The SMILES string of the molecule is C=C(C(=O)O)c1cccc(Cl)c1S(=O)O. The number of halogens is 1. The van der Waals surface area contributed by atoms with Gasteiger partial charge in [0.05, 0.1) is 15.5 Å². The van der Waals surface area contributed by atoms with E-state index in [2.05, 4.69) is 6.58 Å². The van der Waals surface area contributed by atoms with Crippen molar-refractivity contribution in [1.29, 1.82) is 0 Å². The standard InChI is InChI=1S/C9H7ClO4S/c1-5(9(11)12)6-3-2-4-7(10)8(6)15(13)14/h2-4H,1H2,(H,11,12)(H,13,14). The Labute approximate surface area is 93.5 Å². The minimum Gasteiger partial charge on any atom is -0.478 e. The summed E-state index contributed by atoms with van der Waals surface area (Å²) in [6.07, 6.45) is 0. The first-order valence-electron chi connectivity index (χ1n) is 3.77. The topological polar surface area (TPSA) is 74.6 Å². The first-order chi connectivity index (χ1) is 6.95. The van der Waals surface area contributed by atoms with Crippen LogP contribution in [-0.4, -0.2) is 19.8 Å². The summed E-state index contributed by atoms with van der Waals surface area (Å²) in [5, 5.41) is 8.75. The molecule has 2 N–H and O–H groups in total. The Morgan fingerprint density at radius 2 is 2.07 bits per heavy atom. The Balaban J connectivity index is 3.42. The van der Waals surface area contributed by atoms with Crippen LogP contribution in [0.15, 0.2) is 29.7 Å². The van der Waals surface area contributed by atoms with Gasteiger partial charge in [0, 0.05) is 5.56 Å². The summed E-state index contributed by atoms with van der Waals surface area (Å²) in [6, 6.07) is 4.28. The molecule has 0 aliphatic heterocycles. The smallest absolute Gasteiger partial charge is 0.335 e. The zero-order chi connectivity index (χ0) is 11.6. The highest BCUT2D eigenvalue weighted by atomic mass is 35.5. The molecule has 0 bridgehead atoms. The van der Waals surface area contributed by atoms with Gasteiger partial charge in [0.2, 0.25) is 0 Å². The van der Waals surface area contributed by atoms with Crippen LogP contribution in [0, 0.1) is 0 Å². The number of hydrogen-bond donors (Lipinski definition) is 2. The average Bonchev–Trinajstić information content (AvgIpc) is 2.15. The second kappa shape index (κ2) is 4.57. The van der Waals surface area contributed by atoms with Gasteiger partial charge in [-0.3, -0.25) is 0 Å². The second-order valence-electron chi connectivity index (χ2n) is 2.65. The van der Waals surface area contributed by atoms with Crippen molar-refractivity contribution >= 4 is 34.2 Å². The van der Waals surface area contributed by atoms with E-state index >= 15 is 0 Å². The Bertz CT molecular complexity index is 455. The van der Waals surface area contributed by atoms with Gasteiger partial charge in [-0.2, -0.15) is 0 Å². The highest BCUT2D eigenvalue weighted by molar-refractivity contribution is 7.79. The first kappa shape index (κ1) is 11.9. The van der Waals surface area contributed by atoms with Crippen molar-refractivity contribution in [2.24, 2.45) is 0 Å². The summed E-state index contributed by atoms with van der Waals surface area (Å²) in [5.74, 6) is -1.26. The highest BCUT2D eigenvalue weighted by Gasteiger charge is 2.17. The molecule has 0 amide bonds. The van der Waals surface area contributed by atoms with Gasteiger partial charge in [0.15, 0.2) is 11.1 Å². The van der Waals surface area contributed by atoms with Gasteiger partial charge in [-0.25, -0.2) is 9.00 Å². The van der Waals surface area contributed by atoms with Crippen LogP contribution in [0.5, 0.6) is 0 Å². The van der Waals surface area contributed by atoms with Crippen LogP contribution in [0.25, 0.3) is 5.57 Å². The summed E-state index contributed by atoms with van der Waals surface area (Å²) in [6.45, 7) is 3.30. The van der Waals surface area contributed by atoms with Crippen molar-refractivity contribution in [3.05, 3.63) is 35.4 Å². The zero-order valence-corrected chi connectivity index (χ0v) is 9.01. The number of carboxylic acids is 1. The maximum Gasteiger partial charge on any atom is 0.335 e. The molecule has 6 heteroatoms. The average molecular weight is 247 g/mol. The third-order valence-corrected chi connectivity index (χ3v) is 2.94. The van der Waals surface area contributed by atoms with Crippen molar-refractivity contribution in [2.75, 3.05) is 0 Å². The molecule has 0 radical (unpaired) electrons. The predicted molar refractivity (Wildman–Crippen MR) is 57.2 cm³/mol. The summed E-state index contributed by atoms with van der Waals surface area (Å²) < 4.78 is 19.9. The Morgan fingerprint density at radius 3 is 2.53 bits per heavy atom. The molecule has 1 unspecified atom stereocenters. The molecule has 0 spiro atoms. The number of hydrogen-bond acceptors (Lipinski definition) is 2. The molecular formula is C9H7ClO4S. The second-order valence-corrected chi connectivity index (χ2v) is 3.96. The van der Waals surface area contributed by atoms with Gasteiger partial charge < -0.3 is 9.66 Å². The third kappa shape index (κ3) is 2.44. The fourth-order valence-electron chi connectivity index (χ4n) is 1.04. The quantitative estimate of drug-likeness (QED) is 0.632. The fraction of sp³-hybridized carbons (Fsp3) is 0. The van der Waals surface area contributed by atoms with Gasteiger partial charge in [0.25, 0.3) is 0 Å². The molecule has 1 rings (SSSR count). The van der Waals surface area contributed by atoms with E-state index in [9.17, 15) is 9.00 Å². The van der Waals surface area contributed by atoms with E-state index in [-0.39, 0.29) is 21.1 Å². The van der Waals surface area contributed by atoms with Crippen LogP contribution < -0.4 is 0 Å². The van der Waals surface area contributed by atoms with Crippen LogP contribution in [0.1, 0.15) is 5.56 Å². The lowest BCUT2D eigenvalue weighted by atomic mass is 10.1. The van der Waals surface area contributed by atoms with E-state index in [4.69, 9.17) is 21.3 Å². The van der Waals surface area contributed by atoms with Gasteiger partial charge in [0.1, 0.15) is 0 Å². The molecule has 0 fully saturated rings. The van der Waals surface area contributed by atoms with E-state index in [0.29, 0.717) is 0 Å². The third-order valence-electron chi connectivity index (χ3n) is 1.72. The van der Waals surface area contributed by atoms with Crippen LogP contribution >= 0.6 is 11.6 Å². The molecule has 4 nitrogen and oxygen atoms in total. The Hall–Kier alpha value is -1.17. The van der Waals surface area contributed by atoms with Crippen molar-refractivity contribution < 1.29 is 18.7 Å². The molecule has 0 aromatic heterocycles. The van der Waals surface area contributed by atoms with E-state index in [1.165, 1.54) is 18.2 Å². The van der Waals surface area contributed by atoms with Crippen molar-refractivity contribution in [3.63, 3.8) is 0 Å². The predicted octanol–water partition coefficient (Wildman–Crippen LogP) is 2.02. The molecule has 1 aromatic rings. The summed E-state index contributed by atoms with van der Waals surface area (Å²) in [4.78, 5) is 10.5. The molecule has 0 saturated heterocycles. The molecule has 1 atom stereocenters. The molecule has 15 heavy (non-hydrogen) atoms. The molecule has 1 aromatic carbocycles. The minimum absolute atomic E-state index is 0.0377. The molecule has 0 heterocycles. The Kier molecular flexibility index (Phi) is 3.62. The summed E-state index contributed by atoms with van der Waals surface area (Å²) in [5.41, 5.74) is -0.203. The molecular weight excluding hydrogens is 240 g/mol. The van der Waals surface area contributed by atoms with Crippen molar-refractivity contribution in [1.82, 2.24) is 0 Å². The number of rotatable bonds is 3. The highest BCUT2D eigenvalue weighted by Crippen LogP contribution is 2.27. The lowest BCUT2D eigenvalue weighted by Crippen LogP contribution is -2.03. The monoisotopic (exact) mass is 246 g/mol. The lowest BCUT2D eigenvalue weighted by Gasteiger charge is -2.07. The first-order valence-corrected chi connectivity index (χ1v) is 5.25. The molecule has 0 aliphatic carbocycles. The summed E-state index contributed by atoms with van der Waals surface area (Å²) >= 11 is 3.34. The molecule has 0 saturated carbocycles. The van der Waals surface area contributed by atoms with Crippen LogP contribution in [-0.2, 0) is 15.9 Å².